The van der Waals surface area contributed by atoms with E-state index in [1.807, 2.05) is 24.7 Å². The fourth-order valence-electron chi connectivity index (χ4n) is 1.46. The molecule has 0 aliphatic rings. The maximum absolute atomic E-state index is 4.11. The van der Waals surface area contributed by atoms with E-state index in [2.05, 4.69) is 49.7 Å². The van der Waals surface area contributed by atoms with Gasteiger partial charge in [0.2, 0.25) is 5.69 Å². The average Bonchev–Trinajstić information content (AvgIpc) is 2.31. The van der Waals surface area contributed by atoms with Gasteiger partial charge in [-0.2, -0.15) is 4.57 Å². The van der Waals surface area contributed by atoms with Crippen LogP contribution in [-0.4, -0.2) is 4.98 Å². The number of halogens is 1. The van der Waals surface area contributed by atoms with Gasteiger partial charge in [-0.1, -0.05) is 46.3 Å². The van der Waals surface area contributed by atoms with Crippen molar-refractivity contribution in [3.8, 4) is 0 Å². The average molecular weight is 264 g/mol. The third kappa shape index (κ3) is 2.63. The molecule has 0 aliphatic carbocycles. The van der Waals surface area contributed by atoms with Crippen molar-refractivity contribution < 1.29 is 4.57 Å². The summed E-state index contributed by atoms with van der Waals surface area (Å²) in [5.41, 5.74) is 2.48. The largest absolute Gasteiger partial charge is 0.252 e. The molecule has 0 atom stereocenters. The van der Waals surface area contributed by atoms with Crippen LogP contribution in [0, 0.1) is 0 Å². The Morgan fingerprint density at radius 3 is 2.73 bits per heavy atom. The predicted molar refractivity (Wildman–Crippen MR) is 62.6 cm³/mol. The molecule has 2 nitrogen and oxygen atoms in total. The third-order valence-corrected chi connectivity index (χ3v) is 2.83. The Bertz CT molecular complexity index is 429. The van der Waals surface area contributed by atoms with Crippen molar-refractivity contribution in [3.63, 3.8) is 0 Å². The fourth-order valence-corrected chi connectivity index (χ4v) is 1.93. The predicted octanol–water partition coefficient (Wildman–Crippen LogP) is 2.31. The van der Waals surface area contributed by atoms with E-state index in [1.54, 1.807) is 0 Å². The highest BCUT2D eigenvalue weighted by molar-refractivity contribution is 9.08. The molecular formula is C12H12BrN2+. The maximum atomic E-state index is 4.11. The van der Waals surface area contributed by atoms with E-state index in [1.165, 1.54) is 11.3 Å². The van der Waals surface area contributed by atoms with E-state index in [0.717, 1.165) is 11.9 Å². The summed E-state index contributed by atoms with van der Waals surface area (Å²) in [4.78, 5) is 4.11. The number of hydrogen-bond donors (Lipinski definition) is 0. The standard InChI is InChI=1S/C12H12BrN2/c13-8-12-9-14-6-7-15(12)10-11-4-2-1-3-5-11/h1-7,9H,8,10H2/q+1. The van der Waals surface area contributed by atoms with Crippen molar-refractivity contribution in [1.29, 1.82) is 0 Å². The molecule has 0 spiro atoms. The van der Waals surface area contributed by atoms with Crippen molar-refractivity contribution in [2.24, 2.45) is 0 Å². The fraction of sp³-hybridized carbons (Fsp3) is 0.167. The Morgan fingerprint density at radius 2 is 2.00 bits per heavy atom. The van der Waals surface area contributed by atoms with Gasteiger partial charge in [-0.05, 0) is 0 Å². The molecule has 76 valence electrons. The van der Waals surface area contributed by atoms with Gasteiger partial charge in [0.1, 0.15) is 0 Å². The van der Waals surface area contributed by atoms with Crippen LogP contribution in [0.25, 0.3) is 0 Å². The topological polar surface area (TPSA) is 16.8 Å². The number of nitrogens with zero attached hydrogens (tertiary/aromatic N) is 2. The van der Waals surface area contributed by atoms with Gasteiger partial charge in [-0.3, -0.25) is 4.98 Å². The van der Waals surface area contributed by atoms with Crippen LogP contribution in [0.1, 0.15) is 11.3 Å². The number of hydrogen-bond acceptors (Lipinski definition) is 1. The van der Waals surface area contributed by atoms with Crippen LogP contribution in [0.15, 0.2) is 48.9 Å². The second-order valence-corrected chi connectivity index (χ2v) is 3.88. The first kappa shape index (κ1) is 10.3. The Labute approximate surface area is 97.7 Å². The van der Waals surface area contributed by atoms with E-state index < -0.39 is 0 Å². The lowest BCUT2D eigenvalue weighted by Gasteiger charge is -2.00. The molecule has 1 heterocycles. The Hall–Kier alpha value is -1.22. The number of alkyl halides is 1. The van der Waals surface area contributed by atoms with Gasteiger partial charge in [0.05, 0.1) is 17.7 Å². The van der Waals surface area contributed by atoms with Gasteiger partial charge in [0.25, 0.3) is 0 Å². The van der Waals surface area contributed by atoms with Crippen LogP contribution in [0.4, 0.5) is 0 Å². The molecule has 0 N–H and O–H groups in total. The second-order valence-electron chi connectivity index (χ2n) is 3.31. The van der Waals surface area contributed by atoms with Crippen molar-refractivity contribution in [3.05, 3.63) is 60.2 Å². The van der Waals surface area contributed by atoms with Crippen LogP contribution in [0.2, 0.25) is 0 Å². The lowest BCUT2D eigenvalue weighted by Crippen LogP contribution is -2.38. The molecule has 0 saturated carbocycles. The molecule has 0 bridgehead atoms. The third-order valence-electron chi connectivity index (χ3n) is 2.26. The SMILES string of the molecule is BrCc1cncc[n+]1Cc1ccccc1. The summed E-state index contributed by atoms with van der Waals surface area (Å²) in [7, 11) is 0. The zero-order valence-electron chi connectivity index (χ0n) is 8.31. The summed E-state index contributed by atoms with van der Waals surface area (Å²) in [6, 6.07) is 10.4. The van der Waals surface area contributed by atoms with Crippen LogP contribution >= 0.6 is 15.9 Å². The van der Waals surface area contributed by atoms with Crippen molar-refractivity contribution in [1.82, 2.24) is 4.98 Å². The van der Waals surface area contributed by atoms with Gasteiger partial charge in [0.15, 0.2) is 12.7 Å². The van der Waals surface area contributed by atoms with Crippen LogP contribution in [0.3, 0.4) is 0 Å². The smallest absolute Gasteiger partial charge is 0.210 e. The minimum absolute atomic E-state index is 0.827. The molecule has 0 unspecified atom stereocenters. The van der Waals surface area contributed by atoms with Gasteiger partial charge >= 0.3 is 0 Å². The van der Waals surface area contributed by atoms with Gasteiger partial charge in [-0.15, -0.1) is 0 Å². The molecule has 15 heavy (non-hydrogen) atoms. The molecular weight excluding hydrogens is 252 g/mol. The Kier molecular flexibility index (Phi) is 3.45. The maximum Gasteiger partial charge on any atom is 0.210 e. The lowest BCUT2D eigenvalue weighted by atomic mass is 10.2. The van der Waals surface area contributed by atoms with E-state index in [9.17, 15) is 0 Å². The van der Waals surface area contributed by atoms with Gasteiger partial charge in [0, 0.05) is 5.56 Å². The number of rotatable bonds is 3. The molecule has 2 rings (SSSR count). The normalized spacial score (nSPS) is 10.2. The summed E-state index contributed by atoms with van der Waals surface area (Å²) in [6.07, 6.45) is 5.70. The summed E-state index contributed by atoms with van der Waals surface area (Å²) in [5, 5.41) is 0.827. The summed E-state index contributed by atoms with van der Waals surface area (Å²) >= 11 is 3.46. The van der Waals surface area contributed by atoms with E-state index in [4.69, 9.17) is 0 Å². The monoisotopic (exact) mass is 263 g/mol. The Morgan fingerprint density at radius 1 is 1.20 bits per heavy atom. The first-order valence-corrected chi connectivity index (χ1v) is 5.94. The van der Waals surface area contributed by atoms with E-state index in [-0.39, 0.29) is 0 Å². The first-order chi connectivity index (χ1) is 7.40. The highest BCUT2D eigenvalue weighted by Gasteiger charge is 2.08. The quantitative estimate of drug-likeness (QED) is 0.614. The minimum Gasteiger partial charge on any atom is -0.252 e. The summed E-state index contributed by atoms with van der Waals surface area (Å²) in [5.74, 6) is 0. The molecule has 0 radical (unpaired) electrons. The van der Waals surface area contributed by atoms with Crippen LogP contribution < -0.4 is 4.57 Å². The number of benzene rings is 1. The van der Waals surface area contributed by atoms with Gasteiger partial charge in [-0.25, -0.2) is 0 Å². The second kappa shape index (κ2) is 5.03. The number of aromatic nitrogens is 2. The highest BCUT2D eigenvalue weighted by atomic mass is 79.9. The molecule has 3 heteroatoms. The summed E-state index contributed by atoms with van der Waals surface area (Å²) < 4.78 is 2.19. The zero-order chi connectivity index (χ0) is 10.5. The molecule has 0 fully saturated rings. The summed E-state index contributed by atoms with van der Waals surface area (Å²) in [6.45, 7) is 0.893. The van der Waals surface area contributed by atoms with Gasteiger partial charge < -0.3 is 0 Å². The van der Waals surface area contributed by atoms with Crippen LogP contribution in [0.5, 0.6) is 0 Å². The van der Waals surface area contributed by atoms with Crippen LogP contribution in [-0.2, 0) is 11.9 Å². The molecule has 1 aromatic heterocycles. The van der Waals surface area contributed by atoms with Crippen molar-refractivity contribution >= 4 is 15.9 Å². The zero-order valence-corrected chi connectivity index (χ0v) is 9.89. The van der Waals surface area contributed by atoms with E-state index in [0.29, 0.717) is 0 Å². The van der Waals surface area contributed by atoms with Crippen molar-refractivity contribution in [2.75, 3.05) is 0 Å². The lowest BCUT2D eigenvalue weighted by molar-refractivity contribution is -0.695. The minimum atomic E-state index is 0.827. The first-order valence-electron chi connectivity index (χ1n) is 4.82. The molecule has 0 aliphatic heterocycles. The highest BCUT2D eigenvalue weighted by Crippen LogP contribution is 2.01. The Balaban J connectivity index is 2.24. The van der Waals surface area contributed by atoms with Crippen molar-refractivity contribution in [2.45, 2.75) is 11.9 Å². The molecule has 0 amide bonds. The molecule has 0 saturated heterocycles. The molecule has 1 aromatic carbocycles. The molecule has 2 aromatic rings. The van der Waals surface area contributed by atoms with E-state index >= 15 is 0 Å².